The molecule has 0 aliphatic carbocycles. The Bertz CT molecular complexity index is 493. The molecule has 0 fully saturated rings. The van der Waals surface area contributed by atoms with Crippen LogP contribution in [0.3, 0.4) is 0 Å². The molecular weight excluding hydrogens is 425 g/mol. The second kappa shape index (κ2) is 7.23. The van der Waals surface area contributed by atoms with Gasteiger partial charge in [0.15, 0.2) is 0 Å². The number of aliphatic carboxylic acids is 1. The normalized spacial score (nSPS) is 13.7. The number of carbonyl (C=O) groups excluding carboxylic acids is 1. The van der Waals surface area contributed by atoms with Crippen molar-refractivity contribution in [3.8, 4) is 0 Å². The van der Waals surface area contributed by atoms with E-state index in [1.54, 1.807) is 12.1 Å². The molecule has 0 aromatic heterocycles. The molecule has 19 heavy (non-hydrogen) atoms. The maximum absolute atomic E-state index is 12.2. The van der Waals surface area contributed by atoms with Crippen molar-refractivity contribution in [3.05, 3.63) is 31.8 Å². The van der Waals surface area contributed by atoms with Crippen LogP contribution in [0.1, 0.15) is 30.6 Å². The molecule has 2 N–H and O–H groups in total. The Morgan fingerprint density at radius 2 is 2.11 bits per heavy atom. The van der Waals surface area contributed by atoms with Crippen LogP contribution >= 0.6 is 38.5 Å². The molecular formula is C13H15BrINO3. The third-order valence-electron chi connectivity index (χ3n) is 2.94. The summed E-state index contributed by atoms with van der Waals surface area (Å²) in [6.45, 7) is 3.71. The third-order valence-corrected chi connectivity index (χ3v) is 4.37. The van der Waals surface area contributed by atoms with Gasteiger partial charge in [-0.05, 0) is 46.7 Å². The SMILES string of the molecule is CCC(C)[C@H](NC(=O)c1cc(Br)ccc1I)C(=O)O. The summed E-state index contributed by atoms with van der Waals surface area (Å²) in [6.07, 6.45) is 0.687. The van der Waals surface area contributed by atoms with Gasteiger partial charge in [-0.3, -0.25) is 4.79 Å². The van der Waals surface area contributed by atoms with Gasteiger partial charge in [-0.2, -0.15) is 0 Å². The first-order chi connectivity index (χ1) is 8.86. The molecule has 1 amide bonds. The fourth-order valence-electron chi connectivity index (χ4n) is 1.57. The van der Waals surface area contributed by atoms with Crippen LogP contribution < -0.4 is 5.32 Å². The Kier molecular flexibility index (Phi) is 6.25. The van der Waals surface area contributed by atoms with Crippen molar-refractivity contribution in [2.45, 2.75) is 26.3 Å². The van der Waals surface area contributed by atoms with Gasteiger partial charge in [0.1, 0.15) is 6.04 Å². The summed E-state index contributed by atoms with van der Waals surface area (Å²) in [5.41, 5.74) is 0.476. The molecule has 6 heteroatoms. The number of halogens is 2. The smallest absolute Gasteiger partial charge is 0.326 e. The molecule has 0 heterocycles. The first-order valence-corrected chi connectivity index (χ1v) is 7.72. The monoisotopic (exact) mass is 439 g/mol. The lowest BCUT2D eigenvalue weighted by molar-refractivity contribution is -0.140. The van der Waals surface area contributed by atoms with E-state index in [1.165, 1.54) is 0 Å². The van der Waals surface area contributed by atoms with E-state index in [1.807, 2.05) is 19.9 Å². The zero-order valence-electron chi connectivity index (χ0n) is 10.6. The fraction of sp³-hybridized carbons (Fsp3) is 0.385. The quantitative estimate of drug-likeness (QED) is 0.692. The number of carboxylic acids is 1. The molecule has 0 aliphatic rings. The third kappa shape index (κ3) is 4.45. The number of nitrogens with one attached hydrogen (secondary N) is 1. The van der Waals surface area contributed by atoms with Crippen LogP contribution in [0.2, 0.25) is 0 Å². The highest BCUT2D eigenvalue weighted by atomic mass is 127. The van der Waals surface area contributed by atoms with Gasteiger partial charge in [0, 0.05) is 8.04 Å². The molecule has 0 saturated carbocycles. The average Bonchev–Trinajstić information content (AvgIpc) is 2.37. The van der Waals surface area contributed by atoms with Crippen molar-refractivity contribution >= 4 is 50.4 Å². The standard InChI is InChI=1S/C13H15BrINO3/c1-3-7(2)11(13(18)19)16-12(17)9-6-8(14)4-5-10(9)15/h4-7,11H,3H2,1-2H3,(H,16,17)(H,18,19)/t7?,11-/m0/s1. The summed E-state index contributed by atoms with van der Waals surface area (Å²) < 4.78 is 1.57. The molecule has 0 radical (unpaired) electrons. The average molecular weight is 440 g/mol. The minimum absolute atomic E-state index is 0.119. The molecule has 1 aromatic rings. The topological polar surface area (TPSA) is 66.4 Å². The largest absolute Gasteiger partial charge is 0.480 e. The van der Waals surface area contributed by atoms with E-state index in [0.29, 0.717) is 12.0 Å². The predicted molar refractivity (Wildman–Crippen MR) is 85.2 cm³/mol. The number of rotatable bonds is 5. The Labute approximate surface area is 134 Å². The zero-order chi connectivity index (χ0) is 14.6. The second-order valence-corrected chi connectivity index (χ2v) is 6.38. The van der Waals surface area contributed by atoms with Crippen molar-refractivity contribution in [3.63, 3.8) is 0 Å². The van der Waals surface area contributed by atoms with Crippen molar-refractivity contribution in [2.24, 2.45) is 5.92 Å². The molecule has 0 aliphatic heterocycles. The van der Waals surface area contributed by atoms with Gasteiger partial charge in [-0.1, -0.05) is 36.2 Å². The first kappa shape index (κ1) is 16.4. The number of hydrogen-bond acceptors (Lipinski definition) is 2. The molecule has 0 bridgehead atoms. The molecule has 4 nitrogen and oxygen atoms in total. The highest BCUT2D eigenvalue weighted by Crippen LogP contribution is 2.19. The molecule has 104 valence electrons. The minimum Gasteiger partial charge on any atom is -0.480 e. The van der Waals surface area contributed by atoms with Crippen LogP contribution in [-0.4, -0.2) is 23.0 Å². The number of carboxylic acid groups (broad SMARTS) is 1. The van der Waals surface area contributed by atoms with E-state index in [4.69, 9.17) is 5.11 Å². The first-order valence-electron chi connectivity index (χ1n) is 5.85. The molecule has 0 spiro atoms. The van der Waals surface area contributed by atoms with E-state index >= 15 is 0 Å². The number of amides is 1. The maximum atomic E-state index is 12.2. The Balaban J connectivity index is 2.94. The summed E-state index contributed by atoms with van der Waals surface area (Å²) in [4.78, 5) is 23.3. The van der Waals surface area contributed by atoms with Gasteiger partial charge in [0.05, 0.1) is 5.56 Å². The molecule has 0 saturated heterocycles. The van der Waals surface area contributed by atoms with Crippen LogP contribution in [0.25, 0.3) is 0 Å². The van der Waals surface area contributed by atoms with Crippen molar-refractivity contribution in [1.29, 1.82) is 0 Å². The molecule has 2 atom stereocenters. The lowest BCUT2D eigenvalue weighted by atomic mass is 9.99. The zero-order valence-corrected chi connectivity index (χ0v) is 14.4. The highest BCUT2D eigenvalue weighted by molar-refractivity contribution is 14.1. The number of hydrogen-bond donors (Lipinski definition) is 2. The van der Waals surface area contributed by atoms with Crippen LogP contribution in [0.4, 0.5) is 0 Å². The lowest BCUT2D eigenvalue weighted by Crippen LogP contribution is -2.45. The highest BCUT2D eigenvalue weighted by Gasteiger charge is 2.26. The molecule has 1 rings (SSSR count). The van der Waals surface area contributed by atoms with Gasteiger partial charge in [0.2, 0.25) is 0 Å². The maximum Gasteiger partial charge on any atom is 0.326 e. The fourth-order valence-corrected chi connectivity index (χ4v) is 2.52. The van der Waals surface area contributed by atoms with Gasteiger partial charge >= 0.3 is 5.97 Å². The predicted octanol–water partition coefficient (Wildman–Crippen LogP) is 3.28. The summed E-state index contributed by atoms with van der Waals surface area (Å²) in [7, 11) is 0. The van der Waals surface area contributed by atoms with Gasteiger partial charge in [-0.15, -0.1) is 0 Å². The summed E-state index contributed by atoms with van der Waals surface area (Å²) in [5, 5.41) is 11.8. The van der Waals surface area contributed by atoms with Crippen LogP contribution in [0, 0.1) is 9.49 Å². The Hall–Kier alpha value is -0.630. The number of carbonyl (C=O) groups is 2. The summed E-state index contributed by atoms with van der Waals surface area (Å²) in [5.74, 6) is -1.49. The number of benzene rings is 1. The Morgan fingerprint density at radius 3 is 2.63 bits per heavy atom. The van der Waals surface area contributed by atoms with Crippen LogP contribution in [-0.2, 0) is 4.79 Å². The summed E-state index contributed by atoms with van der Waals surface area (Å²) in [6, 6.07) is 4.46. The second-order valence-electron chi connectivity index (χ2n) is 4.30. The van der Waals surface area contributed by atoms with Crippen molar-refractivity contribution < 1.29 is 14.7 Å². The van der Waals surface area contributed by atoms with Gasteiger partial charge in [-0.25, -0.2) is 4.79 Å². The van der Waals surface area contributed by atoms with Crippen molar-refractivity contribution in [1.82, 2.24) is 5.32 Å². The van der Waals surface area contributed by atoms with E-state index in [9.17, 15) is 9.59 Å². The van der Waals surface area contributed by atoms with E-state index < -0.39 is 12.0 Å². The summed E-state index contributed by atoms with van der Waals surface area (Å²) >= 11 is 5.36. The van der Waals surface area contributed by atoms with Crippen LogP contribution in [0.5, 0.6) is 0 Å². The van der Waals surface area contributed by atoms with Crippen LogP contribution in [0.15, 0.2) is 22.7 Å². The van der Waals surface area contributed by atoms with E-state index in [0.717, 1.165) is 8.04 Å². The molecule has 1 aromatic carbocycles. The van der Waals surface area contributed by atoms with Gasteiger partial charge < -0.3 is 10.4 Å². The van der Waals surface area contributed by atoms with E-state index in [2.05, 4.69) is 43.8 Å². The van der Waals surface area contributed by atoms with Crippen molar-refractivity contribution in [2.75, 3.05) is 0 Å². The van der Waals surface area contributed by atoms with Gasteiger partial charge in [0.25, 0.3) is 5.91 Å². The lowest BCUT2D eigenvalue weighted by Gasteiger charge is -2.20. The van der Waals surface area contributed by atoms with E-state index in [-0.39, 0.29) is 11.8 Å². The minimum atomic E-state index is -1.01. The Morgan fingerprint density at radius 1 is 1.47 bits per heavy atom. The molecule has 1 unspecified atom stereocenters.